The third-order valence-electron chi connectivity index (χ3n) is 4.42. The number of rotatable bonds is 7. The minimum absolute atomic E-state index is 0.0716. The molecule has 1 fully saturated rings. The van der Waals surface area contributed by atoms with Crippen molar-refractivity contribution in [3.8, 4) is 5.75 Å². The van der Waals surface area contributed by atoms with E-state index < -0.39 is 10.0 Å². The minimum atomic E-state index is -3.24. The SMILES string of the molecule is CCS(=O)(=O)N1CCC[C@@H](C(=O)N[C@H](C)COc2ccc(C)cc2)C1. The Labute approximate surface area is 150 Å². The van der Waals surface area contributed by atoms with Crippen LogP contribution >= 0.6 is 0 Å². The van der Waals surface area contributed by atoms with Gasteiger partial charge in [0.1, 0.15) is 12.4 Å². The molecule has 7 heteroatoms. The topological polar surface area (TPSA) is 75.7 Å². The molecule has 0 aromatic heterocycles. The van der Waals surface area contributed by atoms with Crippen LogP contribution in [0.5, 0.6) is 5.75 Å². The summed E-state index contributed by atoms with van der Waals surface area (Å²) in [6, 6.07) is 7.61. The van der Waals surface area contributed by atoms with Gasteiger partial charge in [0.2, 0.25) is 15.9 Å². The largest absolute Gasteiger partial charge is 0.491 e. The van der Waals surface area contributed by atoms with Gasteiger partial charge in [-0.15, -0.1) is 0 Å². The van der Waals surface area contributed by atoms with Gasteiger partial charge in [-0.2, -0.15) is 0 Å². The van der Waals surface area contributed by atoms with Gasteiger partial charge >= 0.3 is 0 Å². The van der Waals surface area contributed by atoms with Crippen molar-refractivity contribution in [2.45, 2.75) is 39.7 Å². The quantitative estimate of drug-likeness (QED) is 0.798. The van der Waals surface area contributed by atoms with Gasteiger partial charge in [-0.3, -0.25) is 4.79 Å². The first-order chi connectivity index (χ1) is 11.8. The van der Waals surface area contributed by atoms with E-state index in [1.165, 1.54) is 4.31 Å². The van der Waals surface area contributed by atoms with Crippen molar-refractivity contribution in [2.75, 3.05) is 25.4 Å². The first-order valence-corrected chi connectivity index (χ1v) is 10.4. The second kappa shape index (κ2) is 8.67. The van der Waals surface area contributed by atoms with Crippen molar-refractivity contribution < 1.29 is 17.9 Å². The number of piperidine rings is 1. The molecule has 140 valence electrons. The van der Waals surface area contributed by atoms with Gasteiger partial charge < -0.3 is 10.1 Å². The van der Waals surface area contributed by atoms with E-state index in [0.717, 1.165) is 11.3 Å². The fourth-order valence-corrected chi connectivity index (χ4v) is 4.03. The van der Waals surface area contributed by atoms with E-state index in [2.05, 4.69) is 5.32 Å². The van der Waals surface area contributed by atoms with E-state index >= 15 is 0 Å². The maximum atomic E-state index is 12.4. The molecule has 0 spiro atoms. The monoisotopic (exact) mass is 368 g/mol. The maximum Gasteiger partial charge on any atom is 0.224 e. The Morgan fingerprint density at radius 1 is 1.36 bits per heavy atom. The molecular weight excluding hydrogens is 340 g/mol. The zero-order valence-corrected chi connectivity index (χ0v) is 16.0. The van der Waals surface area contributed by atoms with Gasteiger partial charge in [0.05, 0.1) is 17.7 Å². The highest BCUT2D eigenvalue weighted by Crippen LogP contribution is 2.20. The molecule has 1 aliphatic heterocycles. The predicted octanol–water partition coefficient (Wildman–Crippen LogP) is 1.94. The molecule has 0 unspecified atom stereocenters. The second-order valence-electron chi connectivity index (χ2n) is 6.63. The number of nitrogens with one attached hydrogen (secondary N) is 1. The molecule has 25 heavy (non-hydrogen) atoms. The Morgan fingerprint density at radius 3 is 2.68 bits per heavy atom. The summed E-state index contributed by atoms with van der Waals surface area (Å²) in [6.07, 6.45) is 1.43. The van der Waals surface area contributed by atoms with Crippen molar-refractivity contribution in [1.29, 1.82) is 0 Å². The summed E-state index contributed by atoms with van der Waals surface area (Å²) in [5, 5.41) is 2.94. The summed E-state index contributed by atoms with van der Waals surface area (Å²) in [5.41, 5.74) is 1.16. The number of hydrogen-bond acceptors (Lipinski definition) is 4. The number of carbonyl (C=O) groups is 1. The van der Waals surface area contributed by atoms with Crippen LogP contribution in [0.1, 0.15) is 32.3 Å². The lowest BCUT2D eigenvalue weighted by Gasteiger charge is -2.31. The number of ether oxygens (including phenoxy) is 1. The highest BCUT2D eigenvalue weighted by molar-refractivity contribution is 7.89. The first-order valence-electron chi connectivity index (χ1n) is 8.79. The molecule has 2 rings (SSSR count). The average molecular weight is 368 g/mol. The molecule has 1 N–H and O–H groups in total. The highest BCUT2D eigenvalue weighted by Gasteiger charge is 2.31. The van der Waals surface area contributed by atoms with Crippen molar-refractivity contribution in [3.05, 3.63) is 29.8 Å². The van der Waals surface area contributed by atoms with Crippen LogP contribution in [0.2, 0.25) is 0 Å². The molecule has 2 atom stereocenters. The third-order valence-corrected chi connectivity index (χ3v) is 6.27. The van der Waals surface area contributed by atoms with Gasteiger partial charge in [-0.1, -0.05) is 17.7 Å². The Balaban J connectivity index is 1.82. The summed E-state index contributed by atoms with van der Waals surface area (Å²) < 4.78 is 31.1. The van der Waals surface area contributed by atoms with Crippen LogP contribution in [0.15, 0.2) is 24.3 Å². The highest BCUT2D eigenvalue weighted by atomic mass is 32.2. The van der Waals surface area contributed by atoms with Crippen molar-refractivity contribution >= 4 is 15.9 Å². The van der Waals surface area contributed by atoms with Crippen molar-refractivity contribution in [3.63, 3.8) is 0 Å². The number of carbonyl (C=O) groups excluding carboxylic acids is 1. The normalized spacial score (nSPS) is 20.0. The molecular formula is C18H28N2O4S. The maximum absolute atomic E-state index is 12.4. The Bertz CT molecular complexity index is 673. The standard InChI is InChI=1S/C18H28N2O4S/c1-4-25(22,23)20-11-5-6-16(12-20)18(21)19-15(3)13-24-17-9-7-14(2)8-10-17/h7-10,15-16H,4-6,11-13H2,1-3H3,(H,19,21)/t15-,16-/m1/s1. The van der Waals surface area contributed by atoms with E-state index in [1.807, 2.05) is 38.1 Å². The lowest BCUT2D eigenvalue weighted by Crippen LogP contribution is -2.48. The van der Waals surface area contributed by atoms with Crippen LogP contribution in [0, 0.1) is 12.8 Å². The van der Waals surface area contributed by atoms with E-state index in [-0.39, 0.29) is 30.2 Å². The fourth-order valence-electron chi connectivity index (χ4n) is 2.85. The van der Waals surface area contributed by atoms with Crippen molar-refractivity contribution in [2.24, 2.45) is 5.92 Å². The second-order valence-corrected chi connectivity index (χ2v) is 8.89. The van der Waals surface area contributed by atoms with Gasteiger partial charge in [-0.05, 0) is 45.7 Å². The number of hydrogen-bond donors (Lipinski definition) is 1. The van der Waals surface area contributed by atoms with E-state index in [1.54, 1.807) is 6.92 Å². The molecule has 0 aliphatic carbocycles. The van der Waals surface area contributed by atoms with Crippen molar-refractivity contribution in [1.82, 2.24) is 9.62 Å². The van der Waals surface area contributed by atoms with E-state index in [0.29, 0.717) is 26.0 Å². The summed E-state index contributed by atoms with van der Waals surface area (Å²) in [4.78, 5) is 12.4. The molecule has 1 aromatic carbocycles. The van der Waals surface area contributed by atoms with E-state index in [4.69, 9.17) is 4.74 Å². The lowest BCUT2D eigenvalue weighted by atomic mass is 9.98. The summed E-state index contributed by atoms with van der Waals surface area (Å²) in [5.74, 6) is 0.444. The molecule has 1 amide bonds. The van der Waals surface area contributed by atoms with E-state index in [9.17, 15) is 13.2 Å². The minimum Gasteiger partial charge on any atom is -0.491 e. The number of amides is 1. The molecule has 1 aliphatic rings. The van der Waals surface area contributed by atoms with Gasteiger partial charge in [-0.25, -0.2) is 12.7 Å². The molecule has 0 radical (unpaired) electrons. The first kappa shape index (κ1) is 19.7. The molecule has 0 saturated carbocycles. The Kier molecular flexibility index (Phi) is 6.84. The molecule has 1 heterocycles. The predicted molar refractivity (Wildman–Crippen MR) is 98.0 cm³/mol. The van der Waals surface area contributed by atoms with Crippen LogP contribution in [0.4, 0.5) is 0 Å². The van der Waals surface area contributed by atoms with Crippen LogP contribution < -0.4 is 10.1 Å². The summed E-state index contributed by atoms with van der Waals surface area (Å²) in [7, 11) is -3.24. The fraction of sp³-hybridized carbons (Fsp3) is 0.611. The van der Waals surface area contributed by atoms with Crippen LogP contribution in [0.25, 0.3) is 0 Å². The zero-order chi connectivity index (χ0) is 18.4. The van der Waals surface area contributed by atoms with Gasteiger partial charge in [0, 0.05) is 13.1 Å². The third kappa shape index (κ3) is 5.71. The Morgan fingerprint density at radius 2 is 2.04 bits per heavy atom. The number of sulfonamides is 1. The Hall–Kier alpha value is -1.60. The van der Waals surface area contributed by atoms with Crippen LogP contribution in [0.3, 0.4) is 0 Å². The average Bonchev–Trinajstić information content (AvgIpc) is 2.61. The van der Waals surface area contributed by atoms with Crippen LogP contribution in [-0.2, 0) is 14.8 Å². The number of nitrogens with zero attached hydrogens (tertiary/aromatic N) is 1. The molecule has 6 nitrogen and oxygen atoms in total. The van der Waals surface area contributed by atoms with Gasteiger partial charge in [0.15, 0.2) is 0 Å². The molecule has 0 bridgehead atoms. The zero-order valence-electron chi connectivity index (χ0n) is 15.2. The summed E-state index contributed by atoms with van der Waals surface area (Å²) >= 11 is 0. The summed E-state index contributed by atoms with van der Waals surface area (Å²) in [6.45, 7) is 6.68. The van der Waals surface area contributed by atoms with Gasteiger partial charge in [0.25, 0.3) is 0 Å². The molecule has 1 saturated heterocycles. The smallest absolute Gasteiger partial charge is 0.224 e. The number of benzene rings is 1. The van der Waals surface area contributed by atoms with Crippen LogP contribution in [-0.4, -0.2) is 50.1 Å². The number of aryl methyl sites for hydroxylation is 1. The molecule has 1 aromatic rings. The lowest BCUT2D eigenvalue weighted by molar-refractivity contribution is -0.126.